The van der Waals surface area contributed by atoms with Crippen molar-refractivity contribution < 1.29 is 0 Å². The highest BCUT2D eigenvalue weighted by molar-refractivity contribution is 5.96. The number of allylic oxidation sites excluding steroid dienone is 3. The Morgan fingerprint density at radius 2 is 1.83 bits per heavy atom. The summed E-state index contributed by atoms with van der Waals surface area (Å²) in [5, 5.41) is 0. The van der Waals surface area contributed by atoms with E-state index in [1.165, 1.54) is 0 Å². The summed E-state index contributed by atoms with van der Waals surface area (Å²) in [6, 6.07) is 0. The lowest BCUT2D eigenvalue weighted by Crippen LogP contribution is -2.02. The Bertz CT molecular complexity index is 219. The molecule has 0 N–H and O–H groups in total. The van der Waals surface area contributed by atoms with Crippen LogP contribution >= 0.6 is 0 Å². The first-order chi connectivity index (χ1) is 5.61. The van der Waals surface area contributed by atoms with Crippen LogP contribution in [0.1, 0.15) is 20.8 Å². The van der Waals surface area contributed by atoms with Gasteiger partial charge < -0.3 is 0 Å². The molecule has 0 saturated carbocycles. The van der Waals surface area contributed by atoms with E-state index >= 15 is 0 Å². The molecule has 1 nitrogen and oxygen atoms in total. The second-order valence-electron chi connectivity index (χ2n) is 2.99. The molecule has 0 radical (unpaired) electrons. The predicted molar refractivity (Wildman–Crippen MR) is 56.4 cm³/mol. The van der Waals surface area contributed by atoms with Crippen LogP contribution < -0.4 is 0 Å². The third-order valence-corrected chi connectivity index (χ3v) is 1.54. The van der Waals surface area contributed by atoms with Gasteiger partial charge in [-0.25, -0.2) is 0 Å². The van der Waals surface area contributed by atoms with Crippen molar-refractivity contribution in [3.8, 4) is 0 Å². The van der Waals surface area contributed by atoms with Gasteiger partial charge in [-0.1, -0.05) is 33.1 Å². The standard InChI is InChI=1S/C11H17N/c1-6-10(5)8-12-11(7-2)9(3)4/h6-9H,1-2H2,3-5H3/b10-8-,12-11+. The molecule has 0 amide bonds. The maximum Gasteiger partial charge on any atom is 0.0423 e. The Morgan fingerprint density at radius 3 is 2.17 bits per heavy atom. The Balaban J connectivity index is 4.50. The molecule has 0 bridgehead atoms. The molecule has 0 aromatic carbocycles. The van der Waals surface area contributed by atoms with Crippen molar-refractivity contribution in [3.63, 3.8) is 0 Å². The van der Waals surface area contributed by atoms with Crippen molar-refractivity contribution in [2.45, 2.75) is 20.8 Å². The normalized spacial score (nSPS) is 13.3. The fourth-order valence-corrected chi connectivity index (χ4v) is 0.667. The molecule has 0 spiro atoms. The molecule has 1 heteroatoms. The van der Waals surface area contributed by atoms with Crippen LogP contribution in [0.3, 0.4) is 0 Å². The zero-order chi connectivity index (χ0) is 9.56. The third-order valence-electron chi connectivity index (χ3n) is 1.54. The quantitative estimate of drug-likeness (QED) is 0.445. The summed E-state index contributed by atoms with van der Waals surface area (Å²) >= 11 is 0. The second kappa shape index (κ2) is 5.53. The molecule has 12 heavy (non-hydrogen) atoms. The highest BCUT2D eigenvalue weighted by Crippen LogP contribution is 2.01. The van der Waals surface area contributed by atoms with Gasteiger partial charge in [0, 0.05) is 11.9 Å². The average molecular weight is 163 g/mol. The molecule has 0 aliphatic rings. The smallest absolute Gasteiger partial charge is 0.0423 e. The van der Waals surface area contributed by atoms with Crippen molar-refractivity contribution in [2.75, 3.05) is 0 Å². The van der Waals surface area contributed by atoms with Crippen LogP contribution in [0.15, 0.2) is 42.1 Å². The van der Waals surface area contributed by atoms with Crippen molar-refractivity contribution in [3.05, 3.63) is 37.1 Å². The van der Waals surface area contributed by atoms with Gasteiger partial charge >= 0.3 is 0 Å². The number of nitrogens with zero attached hydrogens (tertiary/aromatic N) is 1. The van der Waals surface area contributed by atoms with Gasteiger partial charge in [0.05, 0.1) is 0 Å². The van der Waals surface area contributed by atoms with E-state index in [-0.39, 0.29) is 0 Å². The van der Waals surface area contributed by atoms with E-state index in [0.717, 1.165) is 11.3 Å². The van der Waals surface area contributed by atoms with Crippen molar-refractivity contribution >= 4 is 5.71 Å². The topological polar surface area (TPSA) is 12.4 Å². The summed E-state index contributed by atoms with van der Waals surface area (Å²) in [6.07, 6.45) is 5.38. The molecule has 0 aliphatic heterocycles. The van der Waals surface area contributed by atoms with Gasteiger partial charge in [-0.2, -0.15) is 0 Å². The van der Waals surface area contributed by atoms with E-state index in [1.807, 2.05) is 13.1 Å². The van der Waals surface area contributed by atoms with Crippen LogP contribution in [0, 0.1) is 5.92 Å². The molecule has 0 fully saturated rings. The summed E-state index contributed by atoms with van der Waals surface area (Å²) in [5.74, 6) is 0.427. The summed E-state index contributed by atoms with van der Waals surface area (Å²) in [5.41, 5.74) is 2.08. The Hall–Kier alpha value is -1.11. The van der Waals surface area contributed by atoms with Gasteiger partial charge in [-0.3, -0.25) is 4.99 Å². The molecule has 0 saturated heterocycles. The summed E-state index contributed by atoms with van der Waals surface area (Å²) < 4.78 is 0. The SMILES string of the molecule is C=C/C(C)=C\N=C(/C=C)C(C)C. The van der Waals surface area contributed by atoms with Crippen LogP contribution in [-0.4, -0.2) is 5.71 Å². The van der Waals surface area contributed by atoms with Gasteiger partial charge in [0.1, 0.15) is 0 Å². The highest BCUT2D eigenvalue weighted by atomic mass is 14.7. The largest absolute Gasteiger partial charge is 0.261 e. The first-order valence-electron chi connectivity index (χ1n) is 4.11. The first-order valence-corrected chi connectivity index (χ1v) is 4.11. The van der Waals surface area contributed by atoms with Crippen LogP contribution in [0.25, 0.3) is 0 Å². The average Bonchev–Trinajstić information content (AvgIpc) is 2.04. The maximum absolute atomic E-state index is 4.28. The minimum absolute atomic E-state index is 0.427. The summed E-state index contributed by atoms with van der Waals surface area (Å²) in [7, 11) is 0. The van der Waals surface area contributed by atoms with Crippen LogP contribution in [0.5, 0.6) is 0 Å². The fourth-order valence-electron chi connectivity index (χ4n) is 0.667. The first kappa shape index (κ1) is 10.9. The van der Waals surface area contributed by atoms with E-state index in [4.69, 9.17) is 0 Å². The van der Waals surface area contributed by atoms with E-state index in [0.29, 0.717) is 5.92 Å². The zero-order valence-electron chi connectivity index (χ0n) is 8.17. The van der Waals surface area contributed by atoms with E-state index < -0.39 is 0 Å². The zero-order valence-corrected chi connectivity index (χ0v) is 8.17. The predicted octanol–water partition coefficient (Wildman–Crippen LogP) is 3.36. The molecule has 0 rings (SSSR count). The maximum atomic E-state index is 4.28. The summed E-state index contributed by atoms with van der Waals surface area (Å²) in [6.45, 7) is 13.5. The van der Waals surface area contributed by atoms with E-state index in [2.05, 4.69) is 32.0 Å². The number of rotatable bonds is 4. The van der Waals surface area contributed by atoms with Gasteiger partial charge in [-0.15, -0.1) is 0 Å². The molecule has 0 unspecified atom stereocenters. The van der Waals surface area contributed by atoms with Gasteiger partial charge in [0.25, 0.3) is 0 Å². The van der Waals surface area contributed by atoms with Crippen LogP contribution in [0.4, 0.5) is 0 Å². The molecule has 0 aliphatic carbocycles. The molecule has 0 heterocycles. The number of aliphatic imine (C=N–C) groups is 1. The minimum atomic E-state index is 0.427. The monoisotopic (exact) mass is 163 g/mol. The number of hydrogen-bond acceptors (Lipinski definition) is 1. The van der Waals surface area contributed by atoms with Gasteiger partial charge in [0.2, 0.25) is 0 Å². The molecule has 0 atom stereocenters. The lowest BCUT2D eigenvalue weighted by atomic mass is 10.1. The molecule has 66 valence electrons. The number of hydrogen-bond donors (Lipinski definition) is 0. The molecular weight excluding hydrogens is 146 g/mol. The van der Waals surface area contributed by atoms with E-state index in [1.54, 1.807) is 12.2 Å². The fraction of sp³-hybridized carbons (Fsp3) is 0.364. The second-order valence-corrected chi connectivity index (χ2v) is 2.99. The van der Waals surface area contributed by atoms with Crippen molar-refractivity contribution in [1.82, 2.24) is 0 Å². The Labute approximate surface area is 75.2 Å². The molecule has 0 aromatic rings. The molecular formula is C11H17N. The van der Waals surface area contributed by atoms with Crippen LogP contribution in [-0.2, 0) is 0 Å². The van der Waals surface area contributed by atoms with Gasteiger partial charge in [-0.05, 0) is 24.5 Å². The Kier molecular flexibility index (Phi) is 5.02. The lowest BCUT2D eigenvalue weighted by molar-refractivity contribution is 0.889. The highest BCUT2D eigenvalue weighted by Gasteiger charge is 1.97. The van der Waals surface area contributed by atoms with Crippen molar-refractivity contribution in [1.29, 1.82) is 0 Å². The lowest BCUT2D eigenvalue weighted by Gasteiger charge is -2.01. The molecule has 0 aromatic heterocycles. The van der Waals surface area contributed by atoms with Crippen LogP contribution in [0.2, 0.25) is 0 Å². The van der Waals surface area contributed by atoms with E-state index in [9.17, 15) is 0 Å². The minimum Gasteiger partial charge on any atom is -0.261 e. The van der Waals surface area contributed by atoms with Gasteiger partial charge in [0.15, 0.2) is 0 Å². The Morgan fingerprint density at radius 1 is 1.25 bits per heavy atom. The van der Waals surface area contributed by atoms with Crippen molar-refractivity contribution in [2.24, 2.45) is 10.9 Å². The summed E-state index contributed by atoms with van der Waals surface area (Å²) in [4.78, 5) is 4.28. The third kappa shape index (κ3) is 3.91.